The van der Waals surface area contributed by atoms with Crippen LogP contribution in [0.15, 0.2) is 47.4 Å². The first kappa shape index (κ1) is 13.3. The van der Waals surface area contributed by atoms with Crippen molar-refractivity contribution in [3.8, 4) is 0 Å². The molecule has 0 saturated carbocycles. The minimum absolute atomic E-state index is 0.159. The molecule has 2 aromatic rings. The third kappa shape index (κ3) is 2.82. The Morgan fingerprint density at radius 1 is 1.00 bits per heavy atom. The molecule has 0 aliphatic heterocycles. The summed E-state index contributed by atoms with van der Waals surface area (Å²) in [5.74, 6) is -1.74. The molecule has 0 saturated heterocycles. The number of hydrogen-bond donors (Lipinski definition) is 2. The molecule has 19 heavy (non-hydrogen) atoms. The molecule has 100 valence electrons. The maximum atomic E-state index is 13.5. The van der Waals surface area contributed by atoms with E-state index >= 15 is 0 Å². The van der Waals surface area contributed by atoms with Gasteiger partial charge in [0.1, 0.15) is 16.5 Å². The van der Waals surface area contributed by atoms with Gasteiger partial charge in [-0.3, -0.25) is 4.72 Å². The highest BCUT2D eigenvalue weighted by molar-refractivity contribution is 7.92. The average molecular weight is 284 g/mol. The summed E-state index contributed by atoms with van der Waals surface area (Å²) in [5, 5.41) is 0. The smallest absolute Gasteiger partial charge is 0.264 e. The van der Waals surface area contributed by atoms with Crippen molar-refractivity contribution in [3.63, 3.8) is 0 Å². The molecule has 0 aromatic heterocycles. The summed E-state index contributed by atoms with van der Waals surface area (Å²) >= 11 is 0. The van der Waals surface area contributed by atoms with Crippen LogP contribution in [0.3, 0.4) is 0 Å². The minimum Gasteiger partial charge on any atom is -0.399 e. The van der Waals surface area contributed by atoms with Crippen LogP contribution in [0, 0.1) is 11.6 Å². The highest BCUT2D eigenvalue weighted by Gasteiger charge is 2.19. The lowest BCUT2D eigenvalue weighted by molar-refractivity contribution is 0.569. The summed E-state index contributed by atoms with van der Waals surface area (Å²) in [6, 6.07) is 8.31. The van der Waals surface area contributed by atoms with Gasteiger partial charge in [-0.05, 0) is 30.3 Å². The molecule has 0 spiro atoms. The van der Waals surface area contributed by atoms with Crippen LogP contribution in [0.1, 0.15) is 0 Å². The summed E-state index contributed by atoms with van der Waals surface area (Å²) < 4.78 is 52.7. The molecule has 7 heteroatoms. The van der Waals surface area contributed by atoms with E-state index in [2.05, 4.69) is 0 Å². The van der Waals surface area contributed by atoms with Gasteiger partial charge in [0, 0.05) is 5.69 Å². The van der Waals surface area contributed by atoms with Crippen LogP contribution >= 0.6 is 0 Å². The van der Waals surface area contributed by atoms with Gasteiger partial charge >= 0.3 is 0 Å². The molecule has 2 aromatic carbocycles. The van der Waals surface area contributed by atoms with E-state index in [1.54, 1.807) is 0 Å². The van der Waals surface area contributed by atoms with Gasteiger partial charge < -0.3 is 5.73 Å². The highest BCUT2D eigenvalue weighted by Crippen LogP contribution is 2.22. The number of rotatable bonds is 3. The molecule has 3 N–H and O–H groups in total. The third-order valence-electron chi connectivity index (χ3n) is 2.36. The molecule has 2 rings (SSSR count). The van der Waals surface area contributed by atoms with Crippen LogP contribution in [0.25, 0.3) is 0 Å². The van der Waals surface area contributed by atoms with E-state index in [0.29, 0.717) is 0 Å². The van der Waals surface area contributed by atoms with Crippen molar-refractivity contribution in [2.45, 2.75) is 4.90 Å². The minimum atomic E-state index is -4.19. The fraction of sp³-hybridized carbons (Fsp3) is 0. The van der Waals surface area contributed by atoms with Crippen LogP contribution in [0.2, 0.25) is 0 Å². The van der Waals surface area contributed by atoms with E-state index in [4.69, 9.17) is 5.73 Å². The van der Waals surface area contributed by atoms with E-state index in [1.807, 2.05) is 4.72 Å². The summed E-state index contributed by atoms with van der Waals surface area (Å²) in [4.78, 5) is -0.550. The Morgan fingerprint density at radius 3 is 2.32 bits per heavy atom. The van der Waals surface area contributed by atoms with Gasteiger partial charge in [0.15, 0.2) is 0 Å². The number of benzene rings is 2. The van der Waals surface area contributed by atoms with Crippen molar-refractivity contribution in [1.82, 2.24) is 0 Å². The zero-order valence-corrected chi connectivity index (χ0v) is 10.4. The van der Waals surface area contributed by atoms with Crippen LogP contribution < -0.4 is 10.5 Å². The van der Waals surface area contributed by atoms with Crippen molar-refractivity contribution in [1.29, 1.82) is 0 Å². The Bertz CT molecular complexity index is 717. The second kappa shape index (κ2) is 4.85. The zero-order valence-electron chi connectivity index (χ0n) is 9.60. The number of nitrogen functional groups attached to an aromatic ring is 1. The van der Waals surface area contributed by atoms with Crippen molar-refractivity contribution in [2.24, 2.45) is 0 Å². The first-order chi connectivity index (χ1) is 8.90. The van der Waals surface area contributed by atoms with Crippen molar-refractivity contribution >= 4 is 21.4 Å². The molecule has 0 fully saturated rings. The summed E-state index contributed by atoms with van der Waals surface area (Å²) in [5.41, 5.74) is 5.21. The van der Waals surface area contributed by atoms with Gasteiger partial charge in [-0.25, -0.2) is 17.2 Å². The lowest BCUT2D eigenvalue weighted by Crippen LogP contribution is -2.15. The maximum Gasteiger partial charge on any atom is 0.264 e. The molecule has 0 aliphatic carbocycles. The molecule has 0 amide bonds. The second-order valence-electron chi connectivity index (χ2n) is 3.78. The average Bonchev–Trinajstić information content (AvgIpc) is 2.33. The first-order valence-corrected chi connectivity index (χ1v) is 6.71. The monoisotopic (exact) mass is 284 g/mol. The molecular weight excluding hydrogens is 274 g/mol. The summed E-state index contributed by atoms with van der Waals surface area (Å²) in [7, 11) is -4.19. The van der Waals surface area contributed by atoms with E-state index in [9.17, 15) is 17.2 Å². The topological polar surface area (TPSA) is 72.2 Å². The van der Waals surface area contributed by atoms with Crippen molar-refractivity contribution < 1.29 is 17.2 Å². The Hall–Kier alpha value is -2.15. The lowest BCUT2D eigenvalue weighted by atomic mass is 10.3. The Labute approximate surface area is 108 Å². The lowest BCUT2D eigenvalue weighted by Gasteiger charge is -2.09. The molecule has 0 heterocycles. The summed E-state index contributed by atoms with van der Waals surface area (Å²) in [6.07, 6.45) is 0. The molecule has 0 atom stereocenters. The SMILES string of the molecule is Nc1ccc(NS(=O)(=O)c2ccccc2F)c(F)c1. The fourth-order valence-corrected chi connectivity index (χ4v) is 2.62. The fourth-order valence-electron chi connectivity index (χ4n) is 1.48. The van der Waals surface area contributed by atoms with Crippen molar-refractivity contribution in [2.75, 3.05) is 10.5 Å². The van der Waals surface area contributed by atoms with Gasteiger partial charge in [-0.15, -0.1) is 0 Å². The van der Waals surface area contributed by atoms with Crippen molar-refractivity contribution in [3.05, 3.63) is 54.1 Å². The van der Waals surface area contributed by atoms with Gasteiger partial charge in [0.2, 0.25) is 0 Å². The number of halogens is 2. The van der Waals surface area contributed by atoms with Gasteiger partial charge in [-0.1, -0.05) is 12.1 Å². The second-order valence-corrected chi connectivity index (χ2v) is 5.43. The maximum absolute atomic E-state index is 13.5. The highest BCUT2D eigenvalue weighted by atomic mass is 32.2. The normalized spacial score (nSPS) is 11.3. The molecule has 0 unspecified atom stereocenters. The van der Waals surface area contributed by atoms with Crippen LogP contribution in [0.4, 0.5) is 20.2 Å². The quantitative estimate of drug-likeness (QED) is 0.850. The number of nitrogens with two attached hydrogens (primary N) is 1. The van der Waals surface area contributed by atoms with Gasteiger partial charge in [-0.2, -0.15) is 0 Å². The predicted molar refractivity (Wildman–Crippen MR) is 68.0 cm³/mol. The number of hydrogen-bond acceptors (Lipinski definition) is 3. The van der Waals surface area contributed by atoms with Gasteiger partial charge in [0.25, 0.3) is 10.0 Å². The first-order valence-electron chi connectivity index (χ1n) is 5.22. The van der Waals surface area contributed by atoms with E-state index in [-0.39, 0.29) is 11.4 Å². The number of nitrogens with one attached hydrogen (secondary N) is 1. The van der Waals surface area contributed by atoms with Crippen LogP contribution in [-0.2, 0) is 10.0 Å². The molecule has 0 radical (unpaired) electrons. The Kier molecular flexibility index (Phi) is 3.39. The molecule has 4 nitrogen and oxygen atoms in total. The number of anilines is 2. The van der Waals surface area contributed by atoms with Crippen LogP contribution in [-0.4, -0.2) is 8.42 Å². The van der Waals surface area contributed by atoms with E-state index < -0.39 is 26.6 Å². The van der Waals surface area contributed by atoms with E-state index in [1.165, 1.54) is 24.3 Å². The largest absolute Gasteiger partial charge is 0.399 e. The van der Waals surface area contributed by atoms with E-state index in [0.717, 1.165) is 18.2 Å². The van der Waals surface area contributed by atoms with Gasteiger partial charge in [0.05, 0.1) is 5.69 Å². The number of sulfonamides is 1. The predicted octanol–water partition coefficient (Wildman–Crippen LogP) is 2.35. The van der Waals surface area contributed by atoms with Crippen LogP contribution in [0.5, 0.6) is 0 Å². The summed E-state index contributed by atoms with van der Waals surface area (Å²) in [6.45, 7) is 0. The molecule has 0 bridgehead atoms. The Morgan fingerprint density at radius 2 is 1.68 bits per heavy atom. The molecule has 0 aliphatic rings. The third-order valence-corrected chi connectivity index (χ3v) is 3.76. The zero-order chi connectivity index (χ0) is 14.0. The Balaban J connectivity index is 2.40. The standard InChI is InChI=1S/C12H10F2N2O2S/c13-9-3-1-2-4-12(9)19(17,18)16-11-6-5-8(15)7-10(11)14/h1-7,16H,15H2. The molecular formula is C12H10F2N2O2S.